The van der Waals surface area contributed by atoms with Crippen molar-refractivity contribution in [3.63, 3.8) is 0 Å². The summed E-state index contributed by atoms with van der Waals surface area (Å²) in [4.78, 5) is 22.5. The van der Waals surface area contributed by atoms with Crippen LogP contribution in [0.25, 0.3) is 11.0 Å². The number of furan rings is 1. The van der Waals surface area contributed by atoms with Gasteiger partial charge in [0.05, 0.1) is 30.8 Å². The van der Waals surface area contributed by atoms with Gasteiger partial charge in [-0.05, 0) is 19.9 Å². The molecule has 1 fully saturated rings. The number of carbonyl (C=O) groups excluding carboxylic acids is 1. The highest BCUT2D eigenvalue weighted by Crippen LogP contribution is 2.39. The second kappa shape index (κ2) is 9.05. The van der Waals surface area contributed by atoms with E-state index < -0.39 is 41.2 Å². The number of rotatable bonds is 4. The zero-order valence-corrected chi connectivity index (χ0v) is 18.0. The highest BCUT2D eigenvalue weighted by atomic mass is 19.4. The third-order valence-electron chi connectivity index (χ3n) is 5.28. The summed E-state index contributed by atoms with van der Waals surface area (Å²) < 4.78 is 79.4. The molecule has 1 aliphatic rings. The number of aryl methyl sites for hydroxylation is 1. The third-order valence-corrected chi connectivity index (χ3v) is 5.28. The summed E-state index contributed by atoms with van der Waals surface area (Å²) in [5, 5.41) is 3.85. The maximum absolute atomic E-state index is 14.0. The van der Waals surface area contributed by atoms with Gasteiger partial charge >= 0.3 is 12.2 Å². The van der Waals surface area contributed by atoms with Crippen LogP contribution in [-0.4, -0.2) is 48.0 Å². The number of carbonyl (C=O) groups is 1. The van der Waals surface area contributed by atoms with Gasteiger partial charge in [-0.25, -0.2) is 23.5 Å². The van der Waals surface area contributed by atoms with E-state index in [2.05, 4.69) is 15.3 Å². The van der Waals surface area contributed by atoms with Crippen molar-refractivity contribution in [2.45, 2.75) is 32.2 Å². The maximum atomic E-state index is 14.0. The van der Waals surface area contributed by atoms with E-state index in [0.29, 0.717) is 31.7 Å². The predicted octanol–water partition coefficient (Wildman–Crippen LogP) is 4.46. The molecule has 34 heavy (non-hydrogen) atoms. The Bertz CT molecular complexity index is 1200. The summed E-state index contributed by atoms with van der Waals surface area (Å²) in [6.07, 6.45) is -2.48. The summed E-state index contributed by atoms with van der Waals surface area (Å²) in [6.45, 7) is 4.77. The Balaban J connectivity index is 1.51. The highest BCUT2D eigenvalue weighted by molar-refractivity contribution is 5.89. The number of urea groups is 1. The molecule has 0 radical (unpaired) electrons. The normalized spacial score (nSPS) is 17.6. The van der Waals surface area contributed by atoms with E-state index in [4.69, 9.17) is 9.15 Å². The van der Waals surface area contributed by atoms with Gasteiger partial charge in [-0.3, -0.25) is 0 Å². The van der Waals surface area contributed by atoms with Gasteiger partial charge in [0, 0.05) is 30.1 Å². The Morgan fingerprint density at radius 3 is 2.59 bits per heavy atom. The fourth-order valence-electron chi connectivity index (χ4n) is 3.68. The molecule has 13 heteroatoms. The Hall–Kier alpha value is -3.48. The number of morpholine rings is 1. The minimum absolute atomic E-state index is 0.00750. The molecule has 2 atom stereocenters. The molecule has 3 heterocycles. The number of halogens is 5. The topological polar surface area (TPSA) is 92.5 Å². The molecule has 0 saturated carbocycles. The summed E-state index contributed by atoms with van der Waals surface area (Å²) in [7, 11) is 0. The Kier molecular flexibility index (Phi) is 6.30. The molecule has 0 bridgehead atoms. The first kappa shape index (κ1) is 23.7. The average molecular weight is 485 g/mol. The molecule has 182 valence electrons. The van der Waals surface area contributed by atoms with E-state index in [1.165, 1.54) is 19.3 Å². The number of anilines is 2. The number of benzene rings is 1. The third kappa shape index (κ3) is 4.88. The quantitative estimate of drug-likeness (QED) is 0.531. The molecule has 2 amide bonds. The number of fused-ring (bicyclic) bond motifs is 1. The van der Waals surface area contributed by atoms with Gasteiger partial charge in [0.2, 0.25) is 5.95 Å². The van der Waals surface area contributed by atoms with Crippen LogP contribution in [0.1, 0.15) is 24.3 Å². The number of hydrogen-bond donors (Lipinski definition) is 2. The second-order valence-electron chi connectivity index (χ2n) is 7.83. The number of ether oxygens (including phenoxy) is 1. The van der Waals surface area contributed by atoms with Crippen LogP contribution < -0.4 is 15.5 Å². The number of nitrogens with zero attached hydrogens (tertiary/aromatic N) is 3. The number of aromatic nitrogens is 2. The number of hydrogen-bond acceptors (Lipinski definition) is 6. The molecule has 1 unspecified atom stereocenters. The molecule has 8 nitrogen and oxygen atoms in total. The summed E-state index contributed by atoms with van der Waals surface area (Å²) in [5.74, 6) is -2.48. The van der Waals surface area contributed by atoms with E-state index in [9.17, 15) is 26.7 Å². The number of alkyl halides is 3. The summed E-state index contributed by atoms with van der Waals surface area (Å²) in [5.41, 5.74) is -0.631. The second-order valence-corrected chi connectivity index (χ2v) is 7.83. The lowest BCUT2D eigenvalue weighted by atomic mass is 10.1. The van der Waals surface area contributed by atoms with Crippen LogP contribution >= 0.6 is 0 Å². The van der Waals surface area contributed by atoms with Gasteiger partial charge in [-0.15, -0.1) is 0 Å². The van der Waals surface area contributed by atoms with Crippen LogP contribution in [0.15, 0.2) is 28.9 Å². The molecule has 2 aromatic heterocycles. The van der Waals surface area contributed by atoms with E-state index in [0.717, 1.165) is 6.07 Å². The number of nitrogens with one attached hydrogen (secondary N) is 2. The van der Waals surface area contributed by atoms with Crippen molar-refractivity contribution in [2.75, 3.05) is 29.9 Å². The zero-order chi connectivity index (χ0) is 24.6. The smallest absolute Gasteiger partial charge is 0.416 e. The van der Waals surface area contributed by atoms with Crippen molar-refractivity contribution in [1.82, 2.24) is 15.3 Å². The van der Waals surface area contributed by atoms with Crippen molar-refractivity contribution in [2.24, 2.45) is 0 Å². The molecule has 3 aromatic rings. The minimum Gasteiger partial charge on any atom is -0.455 e. The van der Waals surface area contributed by atoms with E-state index in [-0.39, 0.29) is 22.7 Å². The van der Waals surface area contributed by atoms with Gasteiger partial charge in [0.1, 0.15) is 11.6 Å². The van der Waals surface area contributed by atoms with Gasteiger partial charge in [-0.2, -0.15) is 13.2 Å². The predicted molar refractivity (Wildman–Crippen MR) is 111 cm³/mol. The Labute approximate surface area is 190 Å². The first-order chi connectivity index (χ1) is 16.0. The fourth-order valence-corrected chi connectivity index (χ4v) is 3.68. The van der Waals surface area contributed by atoms with Crippen LogP contribution in [0.5, 0.6) is 0 Å². The highest BCUT2D eigenvalue weighted by Gasteiger charge is 2.45. The SMILES string of the molecule is Cc1c(C(NC(=O)Nc2cnc(N3CCO[C@@H](C)C3)nc2)C(F)(F)F)oc2c(F)cc(F)cc12. The van der Waals surface area contributed by atoms with Crippen molar-refractivity contribution in [3.05, 3.63) is 47.5 Å². The molecule has 4 rings (SSSR count). The van der Waals surface area contributed by atoms with Crippen molar-refractivity contribution >= 4 is 28.6 Å². The Morgan fingerprint density at radius 1 is 1.24 bits per heavy atom. The van der Waals surface area contributed by atoms with Crippen LogP contribution in [0.3, 0.4) is 0 Å². The van der Waals surface area contributed by atoms with E-state index in [1.807, 2.05) is 11.8 Å². The number of amides is 2. The molecule has 1 aromatic carbocycles. The fraction of sp³-hybridized carbons (Fsp3) is 0.381. The van der Waals surface area contributed by atoms with Gasteiger partial charge in [0.25, 0.3) is 0 Å². The average Bonchev–Trinajstić information content (AvgIpc) is 3.08. The largest absolute Gasteiger partial charge is 0.455 e. The minimum atomic E-state index is -4.99. The Morgan fingerprint density at radius 2 is 1.94 bits per heavy atom. The lowest BCUT2D eigenvalue weighted by Gasteiger charge is -2.31. The molecular weight excluding hydrogens is 465 g/mol. The molecule has 0 spiro atoms. The zero-order valence-electron chi connectivity index (χ0n) is 18.0. The van der Waals surface area contributed by atoms with Crippen LogP contribution in [-0.2, 0) is 4.74 Å². The molecular formula is C21H20F5N5O3. The maximum Gasteiger partial charge on any atom is 0.416 e. The van der Waals surface area contributed by atoms with Crippen LogP contribution in [0.4, 0.5) is 38.4 Å². The van der Waals surface area contributed by atoms with Gasteiger partial charge in [0.15, 0.2) is 17.4 Å². The standard InChI is InChI=1S/C21H20F5N5O3/c1-10-9-31(3-4-33-10)19-27-7-13(8-28-19)29-20(32)30-18(21(24,25)26)16-11(2)14-5-12(22)6-15(23)17(14)34-16/h5-8,10,18H,3-4,9H2,1-2H3,(H2,29,30,32)/t10-,18?/m0/s1. The summed E-state index contributed by atoms with van der Waals surface area (Å²) in [6, 6.07) is -2.47. The van der Waals surface area contributed by atoms with Crippen LogP contribution in [0.2, 0.25) is 0 Å². The lowest BCUT2D eigenvalue weighted by Crippen LogP contribution is -2.42. The summed E-state index contributed by atoms with van der Waals surface area (Å²) >= 11 is 0. The van der Waals surface area contributed by atoms with Crippen molar-refractivity contribution in [3.8, 4) is 0 Å². The first-order valence-electron chi connectivity index (χ1n) is 10.2. The monoisotopic (exact) mass is 485 g/mol. The van der Waals surface area contributed by atoms with Crippen molar-refractivity contribution in [1.29, 1.82) is 0 Å². The van der Waals surface area contributed by atoms with E-state index >= 15 is 0 Å². The lowest BCUT2D eigenvalue weighted by molar-refractivity contribution is -0.158. The van der Waals surface area contributed by atoms with Crippen molar-refractivity contribution < 1.29 is 35.9 Å². The van der Waals surface area contributed by atoms with Gasteiger partial charge in [-0.1, -0.05) is 0 Å². The first-order valence-corrected chi connectivity index (χ1v) is 10.2. The van der Waals surface area contributed by atoms with Gasteiger partial charge < -0.3 is 24.7 Å². The van der Waals surface area contributed by atoms with E-state index in [1.54, 1.807) is 5.32 Å². The molecule has 1 saturated heterocycles. The molecule has 2 N–H and O–H groups in total. The molecule has 1 aliphatic heterocycles. The van der Waals surface area contributed by atoms with Crippen LogP contribution in [0, 0.1) is 18.6 Å². The molecule has 0 aliphatic carbocycles.